The highest BCUT2D eigenvalue weighted by atomic mass is 79.9. The third-order valence-electron chi connectivity index (χ3n) is 2.09. The van der Waals surface area contributed by atoms with E-state index in [1.54, 1.807) is 6.07 Å². The van der Waals surface area contributed by atoms with Gasteiger partial charge < -0.3 is 14.1 Å². The van der Waals surface area contributed by atoms with Crippen LogP contribution >= 0.6 is 47.8 Å². The van der Waals surface area contributed by atoms with Crippen molar-refractivity contribution in [3.63, 3.8) is 0 Å². The number of H-pyrrole nitrogens is 1. The van der Waals surface area contributed by atoms with Gasteiger partial charge in [-0.1, -0.05) is 0 Å². The first-order chi connectivity index (χ1) is 8.52. The van der Waals surface area contributed by atoms with Gasteiger partial charge in [-0.2, -0.15) is 0 Å². The van der Waals surface area contributed by atoms with E-state index in [0.717, 1.165) is 4.47 Å². The lowest BCUT2D eigenvalue weighted by Gasteiger charge is -2.03. The normalized spacial score (nSPS) is 10.9. The van der Waals surface area contributed by atoms with E-state index < -0.39 is 0 Å². The average molecular weight is 443 g/mol. The molecule has 5 nitrogen and oxygen atoms in total. The van der Waals surface area contributed by atoms with Gasteiger partial charge in [0.25, 0.3) is 5.56 Å². The molecule has 0 saturated carbocycles. The second-order valence-corrected chi connectivity index (χ2v) is 5.71. The molecule has 0 atom stereocenters. The molecule has 18 heavy (non-hydrogen) atoms. The maximum absolute atomic E-state index is 11.7. The molecule has 0 spiro atoms. The Hall–Kier alpha value is -0.440. The Morgan fingerprint density at radius 2 is 2.17 bits per heavy atom. The van der Waals surface area contributed by atoms with Gasteiger partial charge in [-0.15, -0.1) is 0 Å². The standard InChI is InChI=1S/C10H7Br3N2O3/c1-17-3-5-7(12)10(16)15-9(14-5)6-2-4(11)8(13)18-6/h2H,3H2,1H3,(H,14,15,16). The van der Waals surface area contributed by atoms with Gasteiger partial charge in [-0.3, -0.25) is 4.79 Å². The van der Waals surface area contributed by atoms with Gasteiger partial charge in [0.15, 0.2) is 16.3 Å². The van der Waals surface area contributed by atoms with Crippen LogP contribution in [0.4, 0.5) is 0 Å². The summed E-state index contributed by atoms with van der Waals surface area (Å²) in [6, 6.07) is 1.72. The van der Waals surface area contributed by atoms with E-state index in [0.29, 0.717) is 26.4 Å². The molecule has 2 heterocycles. The number of aromatic amines is 1. The van der Waals surface area contributed by atoms with Crippen molar-refractivity contribution in [2.75, 3.05) is 7.11 Å². The highest BCUT2D eigenvalue weighted by molar-refractivity contribution is 9.13. The second-order valence-electron chi connectivity index (χ2n) is 3.34. The first-order valence-electron chi connectivity index (χ1n) is 4.75. The summed E-state index contributed by atoms with van der Waals surface area (Å²) in [5.41, 5.74) is 0.232. The summed E-state index contributed by atoms with van der Waals surface area (Å²) in [5.74, 6) is 0.803. The zero-order chi connectivity index (χ0) is 13.3. The number of rotatable bonds is 3. The Morgan fingerprint density at radius 1 is 1.44 bits per heavy atom. The van der Waals surface area contributed by atoms with Crippen LogP contribution in [0.3, 0.4) is 0 Å². The Balaban J connectivity index is 2.55. The minimum absolute atomic E-state index is 0.237. The fourth-order valence-electron chi connectivity index (χ4n) is 1.32. The van der Waals surface area contributed by atoms with Crippen molar-refractivity contribution in [1.82, 2.24) is 9.97 Å². The molecule has 1 N–H and O–H groups in total. The van der Waals surface area contributed by atoms with Crippen molar-refractivity contribution in [1.29, 1.82) is 0 Å². The number of methoxy groups -OCH3 is 1. The molecule has 0 fully saturated rings. The van der Waals surface area contributed by atoms with Crippen LogP contribution in [0.2, 0.25) is 0 Å². The first kappa shape index (κ1) is 14.0. The monoisotopic (exact) mass is 440 g/mol. The van der Waals surface area contributed by atoms with Crippen LogP contribution in [0.25, 0.3) is 11.6 Å². The molecule has 0 amide bonds. The SMILES string of the molecule is COCc1nc(-c2cc(Br)c(Br)o2)[nH]c(=O)c1Br. The van der Waals surface area contributed by atoms with Gasteiger partial charge in [0, 0.05) is 13.2 Å². The topological polar surface area (TPSA) is 68.1 Å². The van der Waals surface area contributed by atoms with Gasteiger partial charge in [-0.05, 0) is 47.8 Å². The van der Waals surface area contributed by atoms with Gasteiger partial charge in [0.1, 0.15) is 4.47 Å². The van der Waals surface area contributed by atoms with E-state index in [1.807, 2.05) is 0 Å². The number of nitrogens with one attached hydrogen (secondary N) is 1. The summed E-state index contributed by atoms with van der Waals surface area (Å²) < 4.78 is 12.0. The number of aromatic nitrogens is 2. The summed E-state index contributed by atoms with van der Waals surface area (Å²) in [5, 5.41) is 0. The Bertz CT molecular complexity index is 616. The Morgan fingerprint density at radius 3 is 2.72 bits per heavy atom. The predicted octanol–water partition coefficient (Wildman–Crippen LogP) is 3.46. The highest BCUT2D eigenvalue weighted by Crippen LogP contribution is 2.31. The molecule has 0 unspecified atom stereocenters. The third kappa shape index (κ3) is 2.76. The summed E-state index contributed by atoms with van der Waals surface area (Å²) in [6.45, 7) is 0.237. The van der Waals surface area contributed by atoms with Gasteiger partial charge in [0.05, 0.1) is 16.8 Å². The molecule has 0 aromatic carbocycles. The summed E-state index contributed by atoms with van der Waals surface area (Å²) in [4.78, 5) is 18.6. The molecule has 0 aliphatic carbocycles. The van der Waals surface area contributed by atoms with E-state index >= 15 is 0 Å². The number of hydrogen-bond donors (Lipinski definition) is 1. The van der Waals surface area contributed by atoms with Crippen molar-refractivity contribution in [3.8, 4) is 11.6 Å². The quantitative estimate of drug-likeness (QED) is 0.790. The van der Waals surface area contributed by atoms with Crippen LogP contribution in [-0.4, -0.2) is 17.1 Å². The number of ether oxygens (including phenoxy) is 1. The molecule has 0 bridgehead atoms. The minimum atomic E-state index is -0.282. The number of furan rings is 1. The average Bonchev–Trinajstić information content (AvgIpc) is 2.65. The molecular weight excluding hydrogens is 436 g/mol. The maximum Gasteiger partial charge on any atom is 0.265 e. The fourth-order valence-corrected chi connectivity index (χ4v) is 2.20. The predicted molar refractivity (Wildman–Crippen MR) is 76.4 cm³/mol. The van der Waals surface area contributed by atoms with E-state index in [-0.39, 0.29) is 12.2 Å². The molecule has 0 aliphatic heterocycles. The van der Waals surface area contributed by atoms with Crippen LogP contribution in [0.1, 0.15) is 5.69 Å². The van der Waals surface area contributed by atoms with Crippen molar-refractivity contribution < 1.29 is 9.15 Å². The minimum Gasteiger partial charge on any atom is -0.445 e. The molecule has 0 radical (unpaired) electrons. The van der Waals surface area contributed by atoms with Gasteiger partial charge >= 0.3 is 0 Å². The molecule has 8 heteroatoms. The number of hydrogen-bond acceptors (Lipinski definition) is 4. The van der Waals surface area contributed by atoms with Crippen LogP contribution < -0.4 is 5.56 Å². The zero-order valence-corrected chi connectivity index (χ0v) is 13.8. The molecule has 2 aromatic rings. The van der Waals surface area contributed by atoms with E-state index in [9.17, 15) is 4.79 Å². The van der Waals surface area contributed by atoms with Crippen LogP contribution in [-0.2, 0) is 11.3 Å². The lowest BCUT2D eigenvalue weighted by atomic mass is 10.3. The largest absolute Gasteiger partial charge is 0.445 e. The van der Waals surface area contributed by atoms with Crippen molar-refractivity contribution >= 4 is 47.8 Å². The van der Waals surface area contributed by atoms with Crippen LogP contribution in [0.5, 0.6) is 0 Å². The van der Waals surface area contributed by atoms with E-state index in [2.05, 4.69) is 57.8 Å². The molecule has 96 valence electrons. The smallest absolute Gasteiger partial charge is 0.265 e. The highest BCUT2D eigenvalue weighted by Gasteiger charge is 2.14. The molecule has 0 aliphatic rings. The Labute approximate surface area is 127 Å². The Kier molecular flexibility index (Phi) is 4.41. The third-order valence-corrected chi connectivity index (χ3v) is 4.62. The summed E-state index contributed by atoms with van der Waals surface area (Å²) >= 11 is 9.70. The molecule has 2 aromatic heterocycles. The lowest BCUT2D eigenvalue weighted by Crippen LogP contribution is -2.13. The van der Waals surface area contributed by atoms with Crippen LogP contribution in [0.15, 0.2) is 28.9 Å². The number of halogens is 3. The zero-order valence-electron chi connectivity index (χ0n) is 9.09. The summed E-state index contributed by atoms with van der Waals surface area (Å²) in [6.07, 6.45) is 0. The lowest BCUT2D eigenvalue weighted by molar-refractivity contribution is 0.180. The molecular formula is C10H7Br3N2O3. The second kappa shape index (κ2) is 5.68. The van der Waals surface area contributed by atoms with Gasteiger partial charge in [0.2, 0.25) is 0 Å². The molecule has 2 rings (SSSR count). The van der Waals surface area contributed by atoms with E-state index in [4.69, 9.17) is 9.15 Å². The van der Waals surface area contributed by atoms with Crippen molar-refractivity contribution in [2.45, 2.75) is 6.61 Å². The first-order valence-corrected chi connectivity index (χ1v) is 7.13. The fraction of sp³-hybridized carbons (Fsp3) is 0.200. The molecule has 0 saturated heterocycles. The maximum atomic E-state index is 11.7. The van der Waals surface area contributed by atoms with Crippen molar-refractivity contribution in [2.24, 2.45) is 0 Å². The van der Waals surface area contributed by atoms with Gasteiger partial charge in [-0.25, -0.2) is 4.98 Å². The van der Waals surface area contributed by atoms with Crippen LogP contribution in [0, 0.1) is 0 Å². The summed E-state index contributed by atoms with van der Waals surface area (Å²) in [7, 11) is 1.54. The van der Waals surface area contributed by atoms with E-state index in [1.165, 1.54) is 7.11 Å². The number of nitrogens with zero attached hydrogens (tertiary/aromatic N) is 1. The van der Waals surface area contributed by atoms with Crippen molar-refractivity contribution in [3.05, 3.63) is 35.7 Å².